The van der Waals surface area contributed by atoms with Crippen molar-refractivity contribution in [2.75, 3.05) is 0 Å². The quantitative estimate of drug-likeness (QED) is 0.874. The van der Waals surface area contributed by atoms with Crippen LogP contribution in [-0.4, -0.2) is 16.0 Å². The van der Waals surface area contributed by atoms with E-state index in [0.717, 1.165) is 29.3 Å². The lowest BCUT2D eigenvalue weighted by Gasteiger charge is -2.05. The van der Waals surface area contributed by atoms with Gasteiger partial charge in [0.25, 0.3) is 0 Å². The largest absolute Gasteiger partial charge is 0.472 e. The first-order valence-corrected chi connectivity index (χ1v) is 5.92. The zero-order valence-corrected chi connectivity index (χ0v) is 9.81. The van der Waals surface area contributed by atoms with E-state index < -0.39 is 0 Å². The number of rotatable bonds is 4. The van der Waals surface area contributed by atoms with E-state index in [0.29, 0.717) is 6.04 Å². The van der Waals surface area contributed by atoms with Crippen molar-refractivity contribution in [2.45, 2.75) is 32.4 Å². The fraction of sp³-hybridized carbons (Fsp3) is 0.385. The van der Waals surface area contributed by atoms with Gasteiger partial charge < -0.3 is 9.73 Å². The SMILES string of the molecule is Cc1cc(CNC2CC2)nc(-c2ccoc2)n1. The maximum absolute atomic E-state index is 5.06. The molecule has 88 valence electrons. The summed E-state index contributed by atoms with van der Waals surface area (Å²) in [5.41, 5.74) is 2.96. The van der Waals surface area contributed by atoms with Crippen molar-refractivity contribution in [1.29, 1.82) is 0 Å². The van der Waals surface area contributed by atoms with Crippen molar-refractivity contribution in [3.05, 3.63) is 36.0 Å². The van der Waals surface area contributed by atoms with Crippen molar-refractivity contribution in [3.8, 4) is 11.4 Å². The Morgan fingerprint density at radius 2 is 2.29 bits per heavy atom. The third kappa shape index (κ3) is 2.53. The average Bonchev–Trinajstić information content (AvgIpc) is 2.98. The van der Waals surface area contributed by atoms with Crippen LogP contribution >= 0.6 is 0 Å². The molecule has 0 atom stereocenters. The predicted octanol–water partition coefficient (Wildman–Crippen LogP) is 2.30. The molecule has 0 amide bonds. The molecule has 2 aromatic rings. The Morgan fingerprint density at radius 1 is 1.41 bits per heavy atom. The molecule has 1 aliphatic rings. The van der Waals surface area contributed by atoms with Crippen LogP contribution < -0.4 is 5.32 Å². The number of hydrogen-bond acceptors (Lipinski definition) is 4. The Labute approximate surface area is 100 Å². The Balaban J connectivity index is 1.83. The molecule has 1 aliphatic carbocycles. The Morgan fingerprint density at radius 3 is 3.00 bits per heavy atom. The molecule has 0 aromatic carbocycles. The molecule has 1 N–H and O–H groups in total. The van der Waals surface area contributed by atoms with Crippen LogP contribution in [0.15, 0.2) is 29.1 Å². The van der Waals surface area contributed by atoms with Crippen LogP contribution in [0.2, 0.25) is 0 Å². The number of furan rings is 1. The molecule has 0 saturated heterocycles. The molecule has 3 rings (SSSR count). The first-order chi connectivity index (χ1) is 8.31. The second kappa shape index (κ2) is 4.30. The van der Waals surface area contributed by atoms with E-state index in [-0.39, 0.29) is 0 Å². The molecule has 4 nitrogen and oxygen atoms in total. The van der Waals surface area contributed by atoms with Crippen LogP contribution in [0.25, 0.3) is 11.4 Å². The third-order valence-corrected chi connectivity index (χ3v) is 2.84. The van der Waals surface area contributed by atoms with Crippen LogP contribution in [0.5, 0.6) is 0 Å². The van der Waals surface area contributed by atoms with Crippen LogP contribution in [-0.2, 0) is 6.54 Å². The minimum atomic E-state index is 0.697. The van der Waals surface area contributed by atoms with E-state index in [2.05, 4.69) is 15.3 Å². The highest BCUT2D eigenvalue weighted by Gasteiger charge is 2.20. The molecule has 0 radical (unpaired) electrons. The Kier molecular flexibility index (Phi) is 2.65. The summed E-state index contributed by atoms with van der Waals surface area (Å²) in [5, 5.41) is 3.46. The van der Waals surface area contributed by atoms with Gasteiger partial charge in [-0.2, -0.15) is 0 Å². The summed E-state index contributed by atoms with van der Waals surface area (Å²) in [6.45, 7) is 2.81. The smallest absolute Gasteiger partial charge is 0.162 e. The topological polar surface area (TPSA) is 51.0 Å². The summed E-state index contributed by atoms with van der Waals surface area (Å²) in [6, 6.07) is 4.61. The monoisotopic (exact) mass is 229 g/mol. The number of nitrogens with one attached hydrogen (secondary N) is 1. The van der Waals surface area contributed by atoms with E-state index in [1.807, 2.05) is 19.1 Å². The van der Waals surface area contributed by atoms with Crippen LogP contribution in [0.1, 0.15) is 24.2 Å². The summed E-state index contributed by atoms with van der Waals surface area (Å²) in [5.74, 6) is 0.742. The molecule has 0 aliphatic heterocycles. The van der Waals surface area contributed by atoms with Gasteiger partial charge in [0.05, 0.1) is 17.5 Å². The molecule has 0 bridgehead atoms. The number of hydrogen-bond donors (Lipinski definition) is 1. The normalized spacial score (nSPS) is 15.1. The molecule has 17 heavy (non-hydrogen) atoms. The van der Waals surface area contributed by atoms with E-state index >= 15 is 0 Å². The van der Waals surface area contributed by atoms with Gasteiger partial charge in [0.2, 0.25) is 0 Å². The van der Waals surface area contributed by atoms with E-state index in [9.17, 15) is 0 Å². The Hall–Kier alpha value is -1.68. The van der Waals surface area contributed by atoms with Crippen molar-refractivity contribution >= 4 is 0 Å². The lowest BCUT2D eigenvalue weighted by Crippen LogP contribution is -2.16. The number of nitrogens with zero attached hydrogens (tertiary/aromatic N) is 2. The predicted molar refractivity (Wildman–Crippen MR) is 64.3 cm³/mol. The first-order valence-electron chi connectivity index (χ1n) is 5.92. The highest BCUT2D eigenvalue weighted by atomic mass is 16.3. The molecular formula is C13H15N3O. The van der Waals surface area contributed by atoms with Gasteiger partial charge in [-0.3, -0.25) is 0 Å². The molecule has 0 spiro atoms. The van der Waals surface area contributed by atoms with Crippen LogP contribution in [0.4, 0.5) is 0 Å². The fourth-order valence-corrected chi connectivity index (χ4v) is 1.78. The molecule has 2 heterocycles. The van der Waals surface area contributed by atoms with Gasteiger partial charge in [-0.05, 0) is 31.9 Å². The third-order valence-electron chi connectivity index (χ3n) is 2.84. The second-order valence-corrected chi connectivity index (χ2v) is 4.49. The highest BCUT2D eigenvalue weighted by molar-refractivity contribution is 5.52. The Bertz CT molecular complexity index is 503. The van der Waals surface area contributed by atoms with E-state index in [1.165, 1.54) is 12.8 Å². The standard InChI is InChI=1S/C13H15N3O/c1-9-6-12(7-14-11-2-3-11)16-13(15-9)10-4-5-17-8-10/h4-6,8,11,14H,2-3,7H2,1H3. The van der Waals surface area contributed by atoms with Crippen molar-refractivity contribution in [1.82, 2.24) is 15.3 Å². The maximum atomic E-state index is 5.06. The second-order valence-electron chi connectivity index (χ2n) is 4.49. The first kappa shape index (κ1) is 10.5. The molecular weight excluding hydrogens is 214 g/mol. The van der Waals surface area contributed by atoms with Gasteiger partial charge in [0.1, 0.15) is 6.26 Å². The van der Waals surface area contributed by atoms with Gasteiger partial charge in [0, 0.05) is 18.3 Å². The lowest BCUT2D eigenvalue weighted by molar-refractivity contribution is 0.568. The van der Waals surface area contributed by atoms with Gasteiger partial charge in [-0.1, -0.05) is 0 Å². The van der Waals surface area contributed by atoms with Gasteiger partial charge >= 0.3 is 0 Å². The zero-order valence-electron chi connectivity index (χ0n) is 9.81. The lowest BCUT2D eigenvalue weighted by atomic mass is 10.2. The minimum Gasteiger partial charge on any atom is -0.472 e. The van der Waals surface area contributed by atoms with Crippen molar-refractivity contribution < 1.29 is 4.42 Å². The average molecular weight is 229 g/mol. The summed E-state index contributed by atoms with van der Waals surface area (Å²) in [7, 11) is 0. The van der Waals surface area contributed by atoms with E-state index in [4.69, 9.17) is 4.42 Å². The number of aromatic nitrogens is 2. The van der Waals surface area contributed by atoms with Crippen LogP contribution in [0, 0.1) is 6.92 Å². The van der Waals surface area contributed by atoms with Gasteiger partial charge in [-0.25, -0.2) is 9.97 Å². The molecule has 4 heteroatoms. The maximum Gasteiger partial charge on any atom is 0.162 e. The number of aryl methyl sites for hydroxylation is 1. The summed E-state index contributed by atoms with van der Waals surface area (Å²) < 4.78 is 5.06. The van der Waals surface area contributed by atoms with Crippen LogP contribution in [0.3, 0.4) is 0 Å². The van der Waals surface area contributed by atoms with Crippen molar-refractivity contribution in [3.63, 3.8) is 0 Å². The molecule has 1 fully saturated rings. The fourth-order valence-electron chi connectivity index (χ4n) is 1.78. The van der Waals surface area contributed by atoms with Gasteiger partial charge in [-0.15, -0.1) is 0 Å². The van der Waals surface area contributed by atoms with Gasteiger partial charge in [0.15, 0.2) is 5.82 Å². The minimum absolute atomic E-state index is 0.697. The van der Waals surface area contributed by atoms with E-state index in [1.54, 1.807) is 12.5 Å². The highest BCUT2D eigenvalue weighted by Crippen LogP contribution is 2.20. The molecule has 2 aromatic heterocycles. The molecule has 0 unspecified atom stereocenters. The summed E-state index contributed by atoms with van der Waals surface area (Å²) in [4.78, 5) is 8.96. The van der Waals surface area contributed by atoms with Crippen molar-refractivity contribution in [2.24, 2.45) is 0 Å². The summed E-state index contributed by atoms with van der Waals surface area (Å²) in [6.07, 6.45) is 5.90. The zero-order chi connectivity index (χ0) is 11.7. The molecule has 1 saturated carbocycles. The summed E-state index contributed by atoms with van der Waals surface area (Å²) >= 11 is 0.